The van der Waals surface area contributed by atoms with Crippen LogP contribution >= 0.6 is 24.2 Å². The van der Waals surface area contributed by atoms with Gasteiger partial charge in [0.15, 0.2) is 0 Å². The van der Waals surface area contributed by atoms with Crippen LogP contribution in [0.5, 0.6) is 0 Å². The van der Waals surface area contributed by atoms with Gasteiger partial charge in [-0.2, -0.15) is 0 Å². The first kappa shape index (κ1) is 12.7. The Labute approximate surface area is 87.8 Å². The highest BCUT2D eigenvalue weighted by Gasteiger charge is 2.28. The lowest BCUT2D eigenvalue weighted by atomic mass is 10.4. The molecule has 1 fully saturated rings. The first-order valence-electron chi connectivity index (χ1n) is 3.87. The van der Waals surface area contributed by atoms with Gasteiger partial charge in [0.25, 0.3) is 5.24 Å². The van der Waals surface area contributed by atoms with Crippen LogP contribution in [0.15, 0.2) is 0 Å². The van der Waals surface area contributed by atoms with Crippen molar-refractivity contribution in [2.24, 2.45) is 0 Å². The molecular formula is C7H13ClN2O2S. The second-order valence-corrected chi connectivity index (χ2v) is 3.48. The average Bonchev–Trinajstić information content (AvgIpc) is 2.35. The molecule has 2 amide bonds. The van der Waals surface area contributed by atoms with Crippen LogP contribution in [0.1, 0.15) is 6.42 Å². The van der Waals surface area contributed by atoms with Crippen LogP contribution < -0.4 is 5.32 Å². The van der Waals surface area contributed by atoms with E-state index in [1.807, 2.05) is 7.05 Å². The number of hydrogen-bond donors (Lipinski definition) is 1. The molecule has 0 radical (unpaired) electrons. The molecule has 1 saturated heterocycles. The number of halogens is 1. The van der Waals surface area contributed by atoms with Crippen molar-refractivity contribution in [2.45, 2.75) is 6.42 Å². The Hall–Kier alpha value is -0.260. The van der Waals surface area contributed by atoms with Gasteiger partial charge in [0.2, 0.25) is 5.91 Å². The number of nitrogens with zero attached hydrogens (tertiary/aromatic N) is 1. The van der Waals surface area contributed by atoms with E-state index in [4.69, 9.17) is 0 Å². The molecule has 0 bridgehead atoms. The minimum atomic E-state index is -0.101. The zero-order valence-electron chi connectivity index (χ0n) is 7.41. The van der Waals surface area contributed by atoms with Gasteiger partial charge in [-0.05, 0) is 20.0 Å². The van der Waals surface area contributed by atoms with Crippen molar-refractivity contribution in [3.8, 4) is 0 Å². The fourth-order valence-corrected chi connectivity index (χ4v) is 1.76. The maximum absolute atomic E-state index is 11.0. The Balaban J connectivity index is 0.00000144. The summed E-state index contributed by atoms with van der Waals surface area (Å²) in [7, 11) is 1.85. The van der Waals surface area contributed by atoms with Crippen molar-refractivity contribution >= 4 is 35.3 Å². The lowest BCUT2D eigenvalue weighted by Gasteiger charge is -2.11. The smallest absolute Gasteiger partial charge is 0.288 e. The van der Waals surface area contributed by atoms with Crippen LogP contribution in [0.2, 0.25) is 0 Å². The molecule has 0 saturated carbocycles. The van der Waals surface area contributed by atoms with E-state index >= 15 is 0 Å². The van der Waals surface area contributed by atoms with Gasteiger partial charge in [-0.15, -0.1) is 12.4 Å². The van der Waals surface area contributed by atoms with Crippen LogP contribution in [-0.2, 0) is 4.79 Å². The number of nitrogens with one attached hydrogen (secondary N) is 1. The third kappa shape index (κ3) is 3.54. The molecule has 0 unspecified atom stereocenters. The fraction of sp³-hybridized carbons (Fsp3) is 0.714. The first-order valence-corrected chi connectivity index (χ1v) is 4.86. The van der Waals surface area contributed by atoms with Crippen molar-refractivity contribution < 1.29 is 9.59 Å². The van der Waals surface area contributed by atoms with Crippen LogP contribution in [0.4, 0.5) is 4.79 Å². The summed E-state index contributed by atoms with van der Waals surface area (Å²) in [5.41, 5.74) is 0. The molecule has 1 rings (SSSR count). The number of imide groups is 1. The van der Waals surface area contributed by atoms with E-state index in [0.29, 0.717) is 12.3 Å². The number of rotatable bonds is 4. The van der Waals surface area contributed by atoms with E-state index in [0.717, 1.165) is 24.7 Å². The average molecular weight is 225 g/mol. The zero-order valence-corrected chi connectivity index (χ0v) is 9.04. The molecule has 0 aromatic carbocycles. The minimum absolute atomic E-state index is 0. The van der Waals surface area contributed by atoms with E-state index in [2.05, 4.69) is 5.32 Å². The van der Waals surface area contributed by atoms with E-state index in [1.165, 1.54) is 4.90 Å². The highest BCUT2D eigenvalue weighted by molar-refractivity contribution is 8.14. The molecule has 76 valence electrons. The summed E-state index contributed by atoms with van der Waals surface area (Å²) in [6.07, 6.45) is 0.828. The highest BCUT2D eigenvalue weighted by Crippen LogP contribution is 2.18. The van der Waals surface area contributed by atoms with E-state index in [-0.39, 0.29) is 23.6 Å². The third-order valence-corrected chi connectivity index (χ3v) is 2.51. The van der Waals surface area contributed by atoms with Crippen LogP contribution in [0, 0.1) is 0 Å². The second kappa shape index (κ2) is 6.23. The molecule has 0 aromatic heterocycles. The van der Waals surface area contributed by atoms with E-state index in [1.54, 1.807) is 0 Å². The molecule has 1 heterocycles. The van der Waals surface area contributed by atoms with E-state index in [9.17, 15) is 9.59 Å². The van der Waals surface area contributed by atoms with Crippen molar-refractivity contribution in [1.82, 2.24) is 10.2 Å². The summed E-state index contributed by atoms with van der Waals surface area (Å²) >= 11 is 1.09. The van der Waals surface area contributed by atoms with Gasteiger partial charge in [0, 0.05) is 6.54 Å². The van der Waals surface area contributed by atoms with Gasteiger partial charge in [-0.3, -0.25) is 14.5 Å². The molecule has 1 aliphatic rings. The topological polar surface area (TPSA) is 49.4 Å². The summed E-state index contributed by atoms with van der Waals surface area (Å²) < 4.78 is 0. The number of amides is 2. The first-order chi connectivity index (χ1) is 5.75. The van der Waals surface area contributed by atoms with Gasteiger partial charge in [0.05, 0.1) is 5.75 Å². The fourth-order valence-electron chi connectivity index (χ4n) is 1.01. The van der Waals surface area contributed by atoms with Gasteiger partial charge in [-0.1, -0.05) is 11.8 Å². The predicted octanol–water partition coefficient (Wildman–Crippen LogP) is 0.713. The largest absolute Gasteiger partial charge is 0.320 e. The maximum atomic E-state index is 11.0. The maximum Gasteiger partial charge on any atom is 0.288 e. The van der Waals surface area contributed by atoms with Gasteiger partial charge < -0.3 is 5.32 Å². The lowest BCUT2D eigenvalue weighted by Crippen LogP contribution is -2.31. The summed E-state index contributed by atoms with van der Waals surface area (Å²) in [5.74, 6) is 0.263. The third-order valence-electron chi connectivity index (χ3n) is 1.65. The van der Waals surface area contributed by atoms with Crippen LogP contribution in [0.3, 0.4) is 0 Å². The van der Waals surface area contributed by atoms with Crippen LogP contribution in [-0.4, -0.2) is 41.9 Å². The summed E-state index contributed by atoms with van der Waals surface area (Å²) in [5, 5.41) is 2.86. The predicted molar refractivity (Wildman–Crippen MR) is 55.4 cm³/mol. The summed E-state index contributed by atoms with van der Waals surface area (Å²) in [4.78, 5) is 23.4. The number of carbonyl (C=O) groups is 2. The molecule has 1 N–H and O–H groups in total. The zero-order chi connectivity index (χ0) is 8.97. The Kier molecular flexibility index (Phi) is 6.11. The number of hydrogen-bond acceptors (Lipinski definition) is 4. The number of carbonyl (C=O) groups excluding carboxylic acids is 2. The molecule has 0 aliphatic carbocycles. The van der Waals surface area contributed by atoms with Crippen LogP contribution in [0.25, 0.3) is 0 Å². The van der Waals surface area contributed by atoms with Crippen molar-refractivity contribution in [3.63, 3.8) is 0 Å². The molecule has 13 heavy (non-hydrogen) atoms. The number of thioether (sulfide) groups is 1. The molecule has 6 heteroatoms. The standard InChI is InChI=1S/C7H12N2O2S.ClH/c1-8-3-2-4-9-6(10)5-12-7(9)11;/h8H,2-5H2,1H3;1H. The summed E-state index contributed by atoms with van der Waals surface area (Å²) in [6, 6.07) is 0. The monoisotopic (exact) mass is 224 g/mol. The van der Waals surface area contributed by atoms with Gasteiger partial charge in [-0.25, -0.2) is 0 Å². The quantitative estimate of drug-likeness (QED) is 0.715. The Morgan fingerprint density at radius 3 is 2.69 bits per heavy atom. The normalized spacial score (nSPS) is 16.2. The Morgan fingerprint density at radius 1 is 1.54 bits per heavy atom. The molecule has 0 spiro atoms. The second-order valence-electron chi connectivity index (χ2n) is 2.56. The molecule has 0 aromatic rings. The van der Waals surface area contributed by atoms with E-state index < -0.39 is 0 Å². The molecule has 0 atom stereocenters. The molecular weight excluding hydrogens is 212 g/mol. The summed E-state index contributed by atoms with van der Waals surface area (Å²) in [6.45, 7) is 1.38. The Morgan fingerprint density at radius 2 is 2.23 bits per heavy atom. The van der Waals surface area contributed by atoms with Crippen molar-refractivity contribution in [1.29, 1.82) is 0 Å². The van der Waals surface area contributed by atoms with Gasteiger partial charge in [0.1, 0.15) is 0 Å². The van der Waals surface area contributed by atoms with Crippen molar-refractivity contribution in [3.05, 3.63) is 0 Å². The minimum Gasteiger partial charge on any atom is -0.320 e. The lowest BCUT2D eigenvalue weighted by molar-refractivity contribution is -0.124. The highest BCUT2D eigenvalue weighted by atomic mass is 35.5. The SMILES string of the molecule is CNCCCN1C(=O)CSC1=O.Cl. The van der Waals surface area contributed by atoms with Crippen molar-refractivity contribution in [2.75, 3.05) is 25.9 Å². The molecule has 1 aliphatic heterocycles. The van der Waals surface area contributed by atoms with Gasteiger partial charge >= 0.3 is 0 Å². The molecule has 4 nitrogen and oxygen atoms in total. The Bertz CT molecular complexity index is 185.